The first-order valence-electron chi connectivity index (χ1n) is 7.58. The van der Waals surface area contributed by atoms with Crippen molar-refractivity contribution >= 4 is 17.2 Å². The van der Waals surface area contributed by atoms with Crippen molar-refractivity contribution in [3.63, 3.8) is 0 Å². The topological polar surface area (TPSA) is 51.0 Å². The molecule has 2 heterocycles. The lowest BCUT2D eigenvalue weighted by Crippen LogP contribution is -2.30. The quantitative estimate of drug-likeness (QED) is 0.647. The monoisotopic (exact) mass is 338 g/mol. The number of aryl methyl sites for hydroxylation is 1. The molecular formula is C18H18N4OS. The van der Waals surface area contributed by atoms with Crippen LogP contribution in [0.15, 0.2) is 61.7 Å². The number of thiophene rings is 1. The molecule has 0 unspecified atom stereocenters. The number of hydrogen-bond donors (Lipinski definition) is 0. The smallest absolute Gasteiger partial charge is 0.254 e. The summed E-state index contributed by atoms with van der Waals surface area (Å²) < 4.78 is 1.80. The van der Waals surface area contributed by atoms with E-state index in [4.69, 9.17) is 0 Å². The third kappa shape index (κ3) is 3.60. The van der Waals surface area contributed by atoms with E-state index in [0.717, 1.165) is 5.69 Å². The Morgan fingerprint density at radius 1 is 1.21 bits per heavy atom. The first-order chi connectivity index (χ1) is 11.7. The summed E-state index contributed by atoms with van der Waals surface area (Å²) in [4.78, 5) is 17.0. The fraction of sp³-hybridized carbons (Fsp3) is 0.167. The number of carbonyl (C=O) groups is 1. The van der Waals surface area contributed by atoms with Crippen LogP contribution in [-0.2, 0) is 6.54 Å². The molecule has 6 heteroatoms. The molecule has 0 fully saturated rings. The van der Waals surface area contributed by atoms with Crippen LogP contribution in [0.25, 0.3) is 5.69 Å². The lowest BCUT2D eigenvalue weighted by molar-refractivity contribution is 0.0764. The van der Waals surface area contributed by atoms with Crippen molar-refractivity contribution < 1.29 is 4.79 Å². The van der Waals surface area contributed by atoms with Crippen LogP contribution in [0.3, 0.4) is 0 Å². The van der Waals surface area contributed by atoms with Crippen LogP contribution < -0.4 is 0 Å². The molecule has 0 saturated heterocycles. The minimum absolute atomic E-state index is 0.00346. The molecule has 1 aromatic carbocycles. The van der Waals surface area contributed by atoms with Crippen LogP contribution in [0.2, 0.25) is 0 Å². The van der Waals surface area contributed by atoms with Gasteiger partial charge in [-0.25, -0.2) is 0 Å². The number of carbonyl (C=O) groups excluding carboxylic acids is 1. The van der Waals surface area contributed by atoms with Crippen LogP contribution >= 0.6 is 11.3 Å². The van der Waals surface area contributed by atoms with Crippen molar-refractivity contribution in [3.05, 3.63) is 77.0 Å². The Morgan fingerprint density at radius 3 is 2.50 bits per heavy atom. The largest absolute Gasteiger partial charge is 0.330 e. The standard InChI is InChI=1S/C18H18N4OS/c1-3-10-21(11-17-9-4-14(2)24-17)18(23)15-5-7-16(8-6-15)22-12-19-20-13-22/h3-9,12-13H,1,10-11H2,2H3. The highest BCUT2D eigenvalue weighted by Crippen LogP contribution is 2.19. The van der Waals surface area contributed by atoms with Crippen molar-refractivity contribution in [2.45, 2.75) is 13.5 Å². The van der Waals surface area contributed by atoms with Gasteiger partial charge in [-0.1, -0.05) is 6.08 Å². The maximum Gasteiger partial charge on any atom is 0.254 e. The second kappa shape index (κ2) is 7.23. The summed E-state index contributed by atoms with van der Waals surface area (Å²) in [7, 11) is 0. The normalized spacial score (nSPS) is 10.5. The van der Waals surface area contributed by atoms with Gasteiger partial charge < -0.3 is 4.90 Å². The highest BCUT2D eigenvalue weighted by molar-refractivity contribution is 7.11. The van der Waals surface area contributed by atoms with E-state index >= 15 is 0 Å². The average molecular weight is 338 g/mol. The fourth-order valence-corrected chi connectivity index (χ4v) is 3.33. The van der Waals surface area contributed by atoms with Crippen LogP contribution in [-0.4, -0.2) is 32.1 Å². The maximum atomic E-state index is 12.8. The van der Waals surface area contributed by atoms with Gasteiger partial charge in [0.25, 0.3) is 5.91 Å². The van der Waals surface area contributed by atoms with Gasteiger partial charge in [0.05, 0.1) is 6.54 Å². The number of nitrogens with zero attached hydrogens (tertiary/aromatic N) is 4. The summed E-state index contributed by atoms with van der Waals surface area (Å²) in [6.07, 6.45) is 5.00. The third-order valence-electron chi connectivity index (χ3n) is 3.61. The highest BCUT2D eigenvalue weighted by Gasteiger charge is 2.16. The van der Waals surface area contributed by atoms with Crippen LogP contribution in [0.1, 0.15) is 20.1 Å². The molecule has 0 aliphatic heterocycles. The van der Waals surface area contributed by atoms with Gasteiger partial charge in [0.15, 0.2) is 0 Å². The molecular weight excluding hydrogens is 320 g/mol. The van der Waals surface area contributed by atoms with Gasteiger partial charge >= 0.3 is 0 Å². The van der Waals surface area contributed by atoms with Gasteiger partial charge in [-0.2, -0.15) is 0 Å². The first-order valence-corrected chi connectivity index (χ1v) is 8.39. The zero-order valence-corrected chi connectivity index (χ0v) is 14.2. The van der Waals surface area contributed by atoms with Gasteiger partial charge in [0.2, 0.25) is 0 Å². The molecule has 0 aliphatic rings. The molecule has 5 nitrogen and oxygen atoms in total. The van der Waals surface area contributed by atoms with Crippen LogP contribution in [0, 0.1) is 6.92 Å². The predicted molar refractivity (Wildman–Crippen MR) is 95.4 cm³/mol. The number of rotatable bonds is 6. The molecule has 1 amide bonds. The number of benzene rings is 1. The van der Waals surface area contributed by atoms with Gasteiger partial charge in [-0.15, -0.1) is 28.1 Å². The van der Waals surface area contributed by atoms with Crippen molar-refractivity contribution in [2.75, 3.05) is 6.54 Å². The molecule has 0 spiro atoms. The lowest BCUT2D eigenvalue weighted by Gasteiger charge is -2.20. The summed E-state index contributed by atoms with van der Waals surface area (Å²) in [5.41, 5.74) is 1.57. The SMILES string of the molecule is C=CCN(Cc1ccc(C)s1)C(=O)c1ccc(-n2cnnc2)cc1. The van der Waals surface area contributed by atoms with E-state index in [9.17, 15) is 4.79 Å². The summed E-state index contributed by atoms with van der Waals surface area (Å²) in [6.45, 7) is 6.94. The average Bonchev–Trinajstić information content (AvgIpc) is 3.26. The van der Waals surface area contributed by atoms with Crippen LogP contribution in [0.5, 0.6) is 0 Å². The Balaban J connectivity index is 1.77. The molecule has 3 rings (SSSR count). The van der Waals surface area contributed by atoms with Gasteiger partial charge in [0, 0.05) is 27.5 Å². The summed E-state index contributed by atoms with van der Waals surface area (Å²) in [6, 6.07) is 11.6. The predicted octanol–water partition coefficient (Wildman–Crippen LogP) is 3.47. The fourth-order valence-electron chi connectivity index (χ4n) is 2.43. The number of amides is 1. The third-order valence-corrected chi connectivity index (χ3v) is 4.60. The maximum absolute atomic E-state index is 12.8. The Kier molecular flexibility index (Phi) is 4.86. The lowest BCUT2D eigenvalue weighted by atomic mass is 10.1. The number of aromatic nitrogens is 3. The highest BCUT2D eigenvalue weighted by atomic mass is 32.1. The molecule has 0 radical (unpaired) electrons. The minimum atomic E-state index is -0.00346. The van der Waals surface area contributed by atoms with E-state index in [1.54, 1.807) is 39.5 Å². The van der Waals surface area contributed by atoms with Gasteiger partial charge in [-0.05, 0) is 43.3 Å². The van der Waals surface area contributed by atoms with E-state index < -0.39 is 0 Å². The zero-order chi connectivity index (χ0) is 16.9. The second-order valence-corrected chi connectivity index (χ2v) is 6.78. The number of hydrogen-bond acceptors (Lipinski definition) is 4. The summed E-state index contributed by atoms with van der Waals surface area (Å²) >= 11 is 1.71. The first kappa shape index (κ1) is 16.1. The summed E-state index contributed by atoms with van der Waals surface area (Å²) in [5, 5.41) is 7.57. The second-order valence-electron chi connectivity index (χ2n) is 5.40. The van der Waals surface area contributed by atoms with E-state index in [1.807, 2.05) is 24.3 Å². The van der Waals surface area contributed by atoms with Crippen LogP contribution in [0.4, 0.5) is 0 Å². The molecule has 24 heavy (non-hydrogen) atoms. The Hall–Kier alpha value is -2.73. The molecule has 122 valence electrons. The molecule has 3 aromatic rings. The minimum Gasteiger partial charge on any atom is -0.330 e. The van der Waals surface area contributed by atoms with Gasteiger partial charge in [0.1, 0.15) is 12.7 Å². The Labute approximate surface area is 144 Å². The molecule has 0 atom stereocenters. The van der Waals surface area contributed by atoms with Gasteiger partial charge in [-0.3, -0.25) is 9.36 Å². The van der Waals surface area contributed by atoms with E-state index in [1.165, 1.54) is 9.75 Å². The molecule has 0 bridgehead atoms. The molecule has 0 saturated carbocycles. The summed E-state index contributed by atoms with van der Waals surface area (Å²) in [5.74, 6) is -0.00346. The van der Waals surface area contributed by atoms with Crippen molar-refractivity contribution in [3.8, 4) is 5.69 Å². The Bertz CT molecular complexity index is 821. The molecule has 0 N–H and O–H groups in total. The van der Waals surface area contributed by atoms with E-state index in [-0.39, 0.29) is 5.91 Å². The zero-order valence-electron chi connectivity index (χ0n) is 13.4. The van der Waals surface area contributed by atoms with Crippen molar-refractivity contribution in [1.29, 1.82) is 0 Å². The van der Waals surface area contributed by atoms with E-state index in [0.29, 0.717) is 18.7 Å². The Morgan fingerprint density at radius 2 is 1.92 bits per heavy atom. The molecule has 2 aromatic heterocycles. The van der Waals surface area contributed by atoms with Crippen molar-refractivity contribution in [2.24, 2.45) is 0 Å². The van der Waals surface area contributed by atoms with Crippen molar-refractivity contribution in [1.82, 2.24) is 19.7 Å². The molecule has 0 aliphatic carbocycles. The van der Waals surface area contributed by atoms with E-state index in [2.05, 4.69) is 35.8 Å².